The molecule has 0 spiro atoms. The molecule has 2 aromatic carbocycles. The first-order valence-electron chi connectivity index (χ1n) is 8.63. The molecule has 0 aromatic heterocycles. The maximum absolute atomic E-state index is 12.7. The lowest BCUT2D eigenvalue weighted by atomic mass is 9.98. The SMILES string of the molecule is Cc1ccc(C(=O)c2ccc(N3CCCCC3)c([N+](=O)[O-])c2)cc1C. The Balaban J connectivity index is 1.96. The average Bonchev–Trinajstić information content (AvgIpc) is 2.63. The summed E-state index contributed by atoms with van der Waals surface area (Å²) in [5.74, 6) is -0.184. The molecule has 0 aliphatic carbocycles. The van der Waals surface area contributed by atoms with E-state index in [2.05, 4.69) is 0 Å². The Morgan fingerprint density at radius 3 is 2.24 bits per heavy atom. The number of anilines is 1. The molecule has 0 saturated carbocycles. The van der Waals surface area contributed by atoms with Gasteiger partial charge < -0.3 is 4.90 Å². The van der Waals surface area contributed by atoms with Gasteiger partial charge in [-0.05, 0) is 62.4 Å². The van der Waals surface area contributed by atoms with Gasteiger partial charge in [-0.3, -0.25) is 14.9 Å². The van der Waals surface area contributed by atoms with E-state index in [1.165, 1.54) is 6.07 Å². The third kappa shape index (κ3) is 3.55. The molecule has 1 saturated heterocycles. The maximum atomic E-state index is 12.7. The minimum atomic E-state index is -0.388. The lowest BCUT2D eigenvalue weighted by Crippen LogP contribution is -2.30. The number of hydrogen-bond acceptors (Lipinski definition) is 4. The summed E-state index contributed by atoms with van der Waals surface area (Å²) in [7, 11) is 0. The first-order chi connectivity index (χ1) is 12.0. The number of nitrogens with zero attached hydrogens (tertiary/aromatic N) is 2. The van der Waals surface area contributed by atoms with Gasteiger partial charge in [0.15, 0.2) is 5.78 Å². The van der Waals surface area contributed by atoms with E-state index in [1.54, 1.807) is 18.2 Å². The summed E-state index contributed by atoms with van der Waals surface area (Å²) >= 11 is 0. The van der Waals surface area contributed by atoms with Gasteiger partial charge in [-0.2, -0.15) is 0 Å². The van der Waals surface area contributed by atoms with Crippen molar-refractivity contribution in [3.8, 4) is 0 Å². The highest BCUT2D eigenvalue weighted by molar-refractivity contribution is 6.09. The Morgan fingerprint density at radius 1 is 0.960 bits per heavy atom. The first kappa shape index (κ1) is 17.1. The van der Waals surface area contributed by atoms with Crippen LogP contribution in [0.4, 0.5) is 11.4 Å². The van der Waals surface area contributed by atoms with Crippen LogP contribution in [0.25, 0.3) is 0 Å². The van der Waals surface area contributed by atoms with Crippen molar-refractivity contribution in [2.75, 3.05) is 18.0 Å². The second kappa shape index (κ2) is 7.05. The molecule has 0 unspecified atom stereocenters. The summed E-state index contributed by atoms with van der Waals surface area (Å²) in [6.07, 6.45) is 3.24. The van der Waals surface area contributed by atoms with Gasteiger partial charge >= 0.3 is 0 Å². The van der Waals surface area contributed by atoms with Crippen LogP contribution >= 0.6 is 0 Å². The summed E-state index contributed by atoms with van der Waals surface area (Å²) in [6.45, 7) is 5.59. The molecule has 0 radical (unpaired) electrons. The minimum absolute atomic E-state index is 0.0107. The molecule has 25 heavy (non-hydrogen) atoms. The molecule has 2 aromatic rings. The van der Waals surface area contributed by atoms with Gasteiger partial charge in [0.05, 0.1) is 4.92 Å². The summed E-state index contributed by atoms with van der Waals surface area (Å²) in [5, 5.41) is 11.5. The van der Waals surface area contributed by atoms with E-state index >= 15 is 0 Å². The summed E-state index contributed by atoms with van der Waals surface area (Å²) < 4.78 is 0. The second-order valence-corrected chi connectivity index (χ2v) is 6.64. The van der Waals surface area contributed by atoms with Crippen LogP contribution in [-0.4, -0.2) is 23.8 Å². The number of rotatable bonds is 4. The van der Waals surface area contributed by atoms with Crippen LogP contribution in [0.5, 0.6) is 0 Å². The van der Waals surface area contributed by atoms with Gasteiger partial charge in [0.1, 0.15) is 5.69 Å². The second-order valence-electron chi connectivity index (χ2n) is 6.64. The summed E-state index contributed by atoms with van der Waals surface area (Å²) in [4.78, 5) is 25.9. The number of nitro benzene ring substituents is 1. The monoisotopic (exact) mass is 338 g/mol. The van der Waals surface area contributed by atoms with E-state index in [0.717, 1.165) is 43.5 Å². The molecule has 5 nitrogen and oxygen atoms in total. The standard InChI is InChI=1S/C20H22N2O3/c1-14-6-7-16(12-15(14)2)20(23)17-8-9-18(19(13-17)22(24)25)21-10-4-3-5-11-21/h6-9,12-13H,3-5,10-11H2,1-2H3. The van der Waals surface area contributed by atoms with E-state index in [9.17, 15) is 14.9 Å². The number of carbonyl (C=O) groups is 1. The predicted molar refractivity (Wildman–Crippen MR) is 98.5 cm³/mol. The molecule has 130 valence electrons. The molecule has 1 heterocycles. The van der Waals surface area contributed by atoms with Crippen molar-refractivity contribution < 1.29 is 9.72 Å². The molecule has 0 N–H and O–H groups in total. The lowest BCUT2D eigenvalue weighted by molar-refractivity contribution is -0.384. The van der Waals surface area contributed by atoms with E-state index in [-0.39, 0.29) is 16.4 Å². The lowest BCUT2D eigenvalue weighted by Gasteiger charge is -2.28. The highest BCUT2D eigenvalue weighted by Gasteiger charge is 2.23. The Kier molecular flexibility index (Phi) is 4.83. The van der Waals surface area contributed by atoms with Crippen LogP contribution in [0.2, 0.25) is 0 Å². The number of ketones is 1. The number of benzene rings is 2. The quantitative estimate of drug-likeness (QED) is 0.470. The molecule has 5 heteroatoms. The fraction of sp³-hybridized carbons (Fsp3) is 0.350. The van der Waals surface area contributed by atoms with Crippen molar-refractivity contribution in [2.24, 2.45) is 0 Å². The van der Waals surface area contributed by atoms with Crippen LogP contribution < -0.4 is 4.90 Å². The summed E-state index contributed by atoms with van der Waals surface area (Å²) in [6, 6.07) is 10.4. The summed E-state index contributed by atoms with van der Waals surface area (Å²) in [5.41, 5.74) is 3.69. The molecular weight excluding hydrogens is 316 g/mol. The zero-order valence-corrected chi connectivity index (χ0v) is 14.6. The van der Waals surface area contributed by atoms with Crippen molar-refractivity contribution in [1.29, 1.82) is 0 Å². The van der Waals surface area contributed by atoms with E-state index < -0.39 is 0 Å². The molecule has 1 fully saturated rings. The van der Waals surface area contributed by atoms with Gasteiger partial charge in [-0.25, -0.2) is 0 Å². The first-order valence-corrected chi connectivity index (χ1v) is 8.63. The van der Waals surface area contributed by atoms with Crippen LogP contribution in [0.1, 0.15) is 46.3 Å². The maximum Gasteiger partial charge on any atom is 0.293 e. The zero-order chi connectivity index (χ0) is 18.0. The van der Waals surface area contributed by atoms with Gasteiger partial charge in [-0.15, -0.1) is 0 Å². The van der Waals surface area contributed by atoms with E-state index in [4.69, 9.17) is 0 Å². The smallest absolute Gasteiger partial charge is 0.293 e. The minimum Gasteiger partial charge on any atom is -0.366 e. The Bertz CT molecular complexity index is 824. The van der Waals surface area contributed by atoms with Gasteiger partial charge in [-0.1, -0.05) is 12.1 Å². The third-order valence-electron chi connectivity index (χ3n) is 4.90. The van der Waals surface area contributed by atoms with Crippen LogP contribution in [0.15, 0.2) is 36.4 Å². The van der Waals surface area contributed by atoms with Crippen molar-refractivity contribution >= 4 is 17.2 Å². The number of hydrogen-bond donors (Lipinski definition) is 0. The number of nitro groups is 1. The molecule has 1 aliphatic rings. The molecular formula is C20H22N2O3. The van der Waals surface area contributed by atoms with Crippen molar-refractivity contribution in [1.82, 2.24) is 0 Å². The predicted octanol–water partition coefficient (Wildman–Crippen LogP) is 4.43. The molecule has 0 atom stereocenters. The van der Waals surface area contributed by atoms with Crippen LogP contribution in [0, 0.1) is 24.0 Å². The Hall–Kier alpha value is -2.69. The van der Waals surface area contributed by atoms with Crippen molar-refractivity contribution in [2.45, 2.75) is 33.1 Å². The van der Waals surface area contributed by atoms with Gasteiger partial charge in [0.2, 0.25) is 0 Å². The topological polar surface area (TPSA) is 63.5 Å². The fourth-order valence-corrected chi connectivity index (χ4v) is 3.26. The molecule has 0 bridgehead atoms. The number of aryl methyl sites for hydroxylation is 2. The molecule has 1 aliphatic heterocycles. The number of piperidine rings is 1. The van der Waals surface area contributed by atoms with Gasteiger partial charge in [0, 0.05) is 30.3 Å². The Labute approximate surface area is 147 Å². The van der Waals surface area contributed by atoms with E-state index in [0.29, 0.717) is 16.8 Å². The normalized spacial score (nSPS) is 14.4. The highest BCUT2D eigenvalue weighted by atomic mass is 16.6. The third-order valence-corrected chi connectivity index (χ3v) is 4.90. The van der Waals surface area contributed by atoms with Crippen LogP contribution in [-0.2, 0) is 0 Å². The Morgan fingerprint density at radius 2 is 1.60 bits per heavy atom. The van der Waals surface area contributed by atoms with Gasteiger partial charge in [0.25, 0.3) is 5.69 Å². The number of carbonyl (C=O) groups excluding carboxylic acids is 1. The van der Waals surface area contributed by atoms with Crippen molar-refractivity contribution in [3.05, 3.63) is 68.8 Å². The average molecular weight is 338 g/mol. The van der Waals surface area contributed by atoms with Crippen molar-refractivity contribution in [3.63, 3.8) is 0 Å². The van der Waals surface area contributed by atoms with Crippen LogP contribution in [0.3, 0.4) is 0 Å². The molecule has 3 rings (SSSR count). The zero-order valence-electron chi connectivity index (χ0n) is 14.6. The molecule has 0 amide bonds. The fourth-order valence-electron chi connectivity index (χ4n) is 3.26. The largest absolute Gasteiger partial charge is 0.366 e. The van der Waals surface area contributed by atoms with E-state index in [1.807, 2.05) is 30.9 Å². The highest BCUT2D eigenvalue weighted by Crippen LogP contribution is 2.32.